The molecule has 52 valence electrons. The fraction of sp³-hybridized carbons (Fsp3) is 1.00. The number of ether oxygens (including phenoxy) is 2. The Labute approximate surface area is 55.1 Å². The van der Waals surface area contributed by atoms with Crippen molar-refractivity contribution in [3.8, 4) is 0 Å². The lowest BCUT2D eigenvalue weighted by Gasteiger charge is -2.34. The van der Waals surface area contributed by atoms with Crippen LogP contribution in [0.15, 0.2) is 0 Å². The van der Waals surface area contributed by atoms with Gasteiger partial charge in [-0.1, -0.05) is 6.92 Å². The Morgan fingerprint density at radius 2 is 1.78 bits per heavy atom. The molecule has 2 fully saturated rings. The van der Waals surface area contributed by atoms with Crippen LogP contribution in [-0.4, -0.2) is 12.6 Å². The molecular weight excluding hydrogens is 116 g/mol. The molecule has 1 saturated heterocycles. The van der Waals surface area contributed by atoms with Gasteiger partial charge in [-0.15, -0.1) is 0 Å². The van der Waals surface area contributed by atoms with Gasteiger partial charge in [-0.3, -0.25) is 0 Å². The van der Waals surface area contributed by atoms with Gasteiger partial charge in [-0.05, 0) is 19.3 Å². The molecule has 0 spiro atoms. The fourth-order valence-corrected chi connectivity index (χ4v) is 1.32. The second kappa shape index (κ2) is 1.70. The quantitative estimate of drug-likeness (QED) is 0.531. The third-order valence-electron chi connectivity index (χ3n) is 2.17. The van der Waals surface area contributed by atoms with Crippen LogP contribution >= 0.6 is 0 Å². The molecule has 0 aromatic heterocycles. The Balaban J connectivity index is 1.78. The molecule has 9 heavy (non-hydrogen) atoms. The van der Waals surface area contributed by atoms with E-state index >= 15 is 0 Å². The maximum atomic E-state index is 5.31. The Bertz CT molecular complexity index is 118. The number of rotatable bonds is 1. The van der Waals surface area contributed by atoms with Crippen molar-refractivity contribution >= 4 is 0 Å². The van der Waals surface area contributed by atoms with Crippen LogP contribution in [0, 0.1) is 11.8 Å². The van der Waals surface area contributed by atoms with E-state index in [-0.39, 0.29) is 12.6 Å². The molecule has 1 saturated carbocycles. The topological polar surface area (TPSA) is 18.5 Å². The van der Waals surface area contributed by atoms with Gasteiger partial charge in [0.2, 0.25) is 0 Å². The van der Waals surface area contributed by atoms with Gasteiger partial charge >= 0.3 is 0 Å². The molecule has 1 heterocycles. The van der Waals surface area contributed by atoms with Crippen molar-refractivity contribution in [1.29, 1.82) is 0 Å². The minimum absolute atomic E-state index is 0.0581. The molecule has 2 aliphatic rings. The van der Waals surface area contributed by atoms with E-state index in [4.69, 9.17) is 9.47 Å². The second-order valence-corrected chi connectivity index (χ2v) is 3.09. The van der Waals surface area contributed by atoms with Gasteiger partial charge in [0.15, 0.2) is 12.6 Å². The van der Waals surface area contributed by atoms with Crippen molar-refractivity contribution in [3.63, 3.8) is 0 Å². The summed E-state index contributed by atoms with van der Waals surface area (Å²) >= 11 is 0. The van der Waals surface area contributed by atoms with Gasteiger partial charge in [0, 0.05) is 5.92 Å². The van der Waals surface area contributed by atoms with Gasteiger partial charge in [-0.25, -0.2) is 0 Å². The highest BCUT2D eigenvalue weighted by Gasteiger charge is 2.46. The SMILES string of the molecule is CC1OC(C2CC2C)O1. The van der Waals surface area contributed by atoms with E-state index in [1.807, 2.05) is 6.92 Å². The smallest absolute Gasteiger partial charge is 0.166 e. The lowest BCUT2D eigenvalue weighted by Crippen LogP contribution is -2.40. The number of hydrogen-bond acceptors (Lipinski definition) is 2. The summed E-state index contributed by atoms with van der Waals surface area (Å²) in [6.45, 7) is 4.17. The van der Waals surface area contributed by atoms with Crippen LogP contribution in [0.25, 0.3) is 0 Å². The van der Waals surface area contributed by atoms with Crippen LogP contribution in [0.5, 0.6) is 0 Å². The zero-order chi connectivity index (χ0) is 6.43. The van der Waals surface area contributed by atoms with Crippen LogP contribution in [-0.2, 0) is 9.47 Å². The van der Waals surface area contributed by atoms with E-state index in [9.17, 15) is 0 Å². The molecule has 0 bridgehead atoms. The molecule has 2 nitrogen and oxygen atoms in total. The van der Waals surface area contributed by atoms with Crippen molar-refractivity contribution in [2.75, 3.05) is 0 Å². The monoisotopic (exact) mass is 128 g/mol. The van der Waals surface area contributed by atoms with Crippen molar-refractivity contribution in [3.05, 3.63) is 0 Å². The summed E-state index contributed by atoms with van der Waals surface area (Å²) in [4.78, 5) is 0. The summed E-state index contributed by atoms with van der Waals surface area (Å²) in [7, 11) is 0. The first kappa shape index (κ1) is 5.69. The van der Waals surface area contributed by atoms with Gasteiger partial charge in [0.25, 0.3) is 0 Å². The molecule has 0 amide bonds. The Kier molecular flexibility index (Phi) is 1.08. The zero-order valence-electron chi connectivity index (χ0n) is 5.83. The Morgan fingerprint density at radius 3 is 2.11 bits per heavy atom. The minimum Gasteiger partial charge on any atom is -0.324 e. The van der Waals surface area contributed by atoms with E-state index in [2.05, 4.69) is 6.92 Å². The first-order valence-electron chi connectivity index (χ1n) is 3.58. The fourth-order valence-electron chi connectivity index (χ4n) is 1.32. The molecule has 2 rings (SSSR count). The minimum atomic E-state index is 0.0581. The van der Waals surface area contributed by atoms with Crippen molar-refractivity contribution in [2.45, 2.75) is 32.8 Å². The predicted molar refractivity (Wildman–Crippen MR) is 32.7 cm³/mol. The maximum Gasteiger partial charge on any atom is 0.166 e. The Morgan fingerprint density at radius 1 is 1.22 bits per heavy atom. The van der Waals surface area contributed by atoms with Crippen LogP contribution in [0.3, 0.4) is 0 Å². The summed E-state index contributed by atoms with van der Waals surface area (Å²) < 4.78 is 10.6. The van der Waals surface area contributed by atoms with Gasteiger partial charge < -0.3 is 9.47 Å². The number of hydrogen-bond donors (Lipinski definition) is 0. The highest BCUT2D eigenvalue weighted by atomic mass is 16.9. The highest BCUT2D eigenvalue weighted by molar-refractivity contribution is 4.87. The summed E-state index contributed by atoms with van der Waals surface area (Å²) in [5.41, 5.74) is 0. The van der Waals surface area contributed by atoms with Crippen LogP contribution < -0.4 is 0 Å². The predicted octanol–water partition coefficient (Wildman–Crippen LogP) is 1.36. The molecular formula is C7H12O2. The Hall–Kier alpha value is -0.0800. The molecule has 1 aliphatic carbocycles. The van der Waals surface area contributed by atoms with Crippen molar-refractivity contribution in [1.82, 2.24) is 0 Å². The summed E-state index contributed by atoms with van der Waals surface area (Å²) in [5.74, 6) is 1.55. The van der Waals surface area contributed by atoms with E-state index < -0.39 is 0 Å². The summed E-state index contributed by atoms with van der Waals surface area (Å²) in [6.07, 6.45) is 1.50. The molecule has 0 radical (unpaired) electrons. The van der Waals surface area contributed by atoms with Crippen molar-refractivity contribution in [2.24, 2.45) is 11.8 Å². The van der Waals surface area contributed by atoms with Crippen molar-refractivity contribution < 1.29 is 9.47 Å². The lowest BCUT2D eigenvalue weighted by atomic mass is 10.3. The standard InChI is InChI=1S/C7H12O2/c1-4-3-6(4)7-8-5(2)9-7/h4-7H,3H2,1-2H3. The second-order valence-electron chi connectivity index (χ2n) is 3.09. The molecule has 2 unspecified atom stereocenters. The largest absolute Gasteiger partial charge is 0.324 e. The lowest BCUT2D eigenvalue weighted by molar-refractivity contribution is -0.383. The van der Waals surface area contributed by atoms with E-state index in [0.717, 1.165) is 5.92 Å². The summed E-state index contributed by atoms with van der Waals surface area (Å²) in [6, 6.07) is 0. The third-order valence-corrected chi connectivity index (χ3v) is 2.17. The van der Waals surface area contributed by atoms with Gasteiger partial charge in [-0.2, -0.15) is 0 Å². The zero-order valence-corrected chi connectivity index (χ0v) is 5.83. The first-order valence-corrected chi connectivity index (χ1v) is 3.58. The van der Waals surface area contributed by atoms with Gasteiger partial charge in [0.05, 0.1) is 0 Å². The molecule has 0 aromatic rings. The molecule has 0 aromatic carbocycles. The molecule has 2 atom stereocenters. The average molecular weight is 128 g/mol. The van der Waals surface area contributed by atoms with E-state index in [1.54, 1.807) is 0 Å². The van der Waals surface area contributed by atoms with Crippen LogP contribution in [0.4, 0.5) is 0 Å². The average Bonchev–Trinajstić information content (AvgIpc) is 2.38. The molecule has 0 N–H and O–H groups in total. The third kappa shape index (κ3) is 0.864. The maximum absolute atomic E-state index is 5.31. The van der Waals surface area contributed by atoms with E-state index in [1.165, 1.54) is 6.42 Å². The van der Waals surface area contributed by atoms with E-state index in [0.29, 0.717) is 5.92 Å². The first-order chi connectivity index (χ1) is 4.27. The molecule has 1 aliphatic heterocycles. The highest BCUT2D eigenvalue weighted by Crippen LogP contribution is 2.45. The van der Waals surface area contributed by atoms with Crippen LogP contribution in [0.2, 0.25) is 0 Å². The summed E-state index contributed by atoms with van der Waals surface area (Å²) in [5, 5.41) is 0. The normalized spacial score (nSPS) is 56.7. The molecule has 2 heteroatoms. The van der Waals surface area contributed by atoms with Crippen LogP contribution in [0.1, 0.15) is 20.3 Å². The van der Waals surface area contributed by atoms with Gasteiger partial charge in [0.1, 0.15) is 0 Å².